The van der Waals surface area contributed by atoms with Gasteiger partial charge < -0.3 is 120 Å². The van der Waals surface area contributed by atoms with Gasteiger partial charge in [0, 0.05) is 0 Å². The van der Waals surface area contributed by atoms with Crippen LogP contribution in [0.4, 0.5) is 0 Å². The molecule has 25 atom stereocenters. The first-order valence-electron chi connectivity index (χ1n) is 17.4. The minimum atomic E-state index is -1.97. The van der Waals surface area contributed by atoms with Gasteiger partial charge in [0.15, 0.2) is 31.5 Å². The molecule has 5 heterocycles. The molecule has 0 amide bonds. The highest BCUT2D eigenvalue weighted by molar-refractivity contribution is 5.00. The lowest BCUT2D eigenvalue weighted by molar-refractivity contribution is -0.397. The second-order valence-electron chi connectivity index (χ2n) is 14.0. The Bertz CT molecular complexity index is 1180. The molecule has 316 valence electrons. The molecular formula is C30H53NO23. The Balaban J connectivity index is 1.47. The van der Waals surface area contributed by atoms with E-state index in [0.29, 0.717) is 0 Å². The number of rotatable bonds is 11. The Kier molecular flexibility index (Phi) is 15.0. The van der Waals surface area contributed by atoms with Crippen LogP contribution < -0.4 is 5.73 Å². The molecule has 0 aliphatic carbocycles. The highest BCUT2D eigenvalue weighted by atomic mass is 16.8. The molecule has 5 aliphatic heterocycles. The molecule has 5 fully saturated rings. The van der Waals surface area contributed by atoms with Crippen LogP contribution in [0.1, 0.15) is 13.8 Å². The fraction of sp³-hybridized carbons (Fsp3) is 1.00. The molecule has 5 rings (SSSR count). The average molecular weight is 796 g/mol. The molecule has 0 aromatic heterocycles. The van der Waals surface area contributed by atoms with Crippen molar-refractivity contribution in [1.82, 2.24) is 0 Å². The highest BCUT2D eigenvalue weighted by Crippen LogP contribution is 2.36. The number of nitrogens with two attached hydrogens (primary N) is 1. The van der Waals surface area contributed by atoms with Gasteiger partial charge in [0.25, 0.3) is 0 Å². The van der Waals surface area contributed by atoms with Gasteiger partial charge in [-0.2, -0.15) is 0 Å². The number of aliphatic hydroxyl groups excluding tert-OH is 14. The molecule has 0 saturated carbocycles. The summed E-state index contributed by atoms with van der Waals surface area (Å²) < 4.78 is 51.4. The number of hydrogen-bond donors (Lipinski definition) is 15. The van der Waals surface area contributed by atoms with E-state index in [-0.39, 0.29) is 0 Å². The van der Waals surface area contributed by atoms with E-state index >= 15 is 0 Å². The summed E-state index contributed by atoms with van der Waals surface area (Å²) in [5, 5.41) is 146. The van der Waals surface area contributed by atoms with E-state index in [0.717, 1.165) is 0 Å². The maximum absolute atomic E-state index is 11.1. The molecule has 24 nitrogen and oxygen atoms in total. The van der Waals surface area contributed by atoms with E-state index in [1.165, 1.54) is 13.8 Å². The van der Waals surface area contributed by atoms with Gasteiger partial charge in [0.1, 0.15) is 104 Å². The zero-order chi connectivity index (χ0) is 39.9. The third-order valence-corrected chi connectivity index (χ3v) is 10.3. The van der Waals surface area contributed by atoms with Crippen molar-refractivity contribution in [3.63, 3.8) is 0 Å². The van der Waals surface area contributed by atoms with E-state index in [1.807, 2.05) is 0 Å². The first kappa shape index (κ1) is 44.1. The van der Waals surface area contributed by atoms with Gasteiger partial charge >= 0.3 is 0 Å². The normalized spacial score (nSPS) is 54.7. The fourth-order valence-corrected chi connectivity index (χ4v) is 6.94. The maximum atomic E-state index is 11.1. The third-order valence-electron chi connectivity index (χ3n) is 10.3. The number of hydrogen-bond acceptors (Lipinski definition) is 24. The van der Waals surface area contributed by atoms with Crippen LogP contribution in [0.25, 0.3) is 0 Å². The molecule has 16 N–H and O–H groups in total. The molecule has 5 saturated heterocycles. The monoisotopic (exact) mass is 795 g/mol. The Hall–Kier alpha value is -0.960. The second-order valence-corrected chi connectivity index (χ2v) is 14.0. The van der Waals surface area contributed by atoms with Crippen LogP contribution in [0.2, 0.25) is 0 Å². The van der Waals surface area contributed by atoms with Crippen LogP contribution in [0.15, 0.2) is 0 Å². The largest absolute Gasteiger partial charge is 0.394 e. The molecule has 24 heteroatoms. The molecule has 54 heavy (non-hydrogen) atoms. The quantitative estimate of drug-likeness (QED) is 0.0923. The Morgan fingerprint density at radius 1 is 0.389 bits per heavy atom. The van der Waals surface area contributed by atoms with Crippen LogP contribution in [0, 0.1) is 0 Å². The van der Waals surface area contributed by atoms with Crippen LogP contribution in [-0.2, 0) is 42.6 Å². The molecule has 0 radical (unpaired) electrons. The summed E-state index contributed by atoms with van der Waals surface area (Å²) in [6.45, 7) is 0.0525. The average Bonchev–Trinajstić information content (AvgIpc) is 3.15. The molecule has 0 aromatic rings. The van der Waals surface area contributed by atoms with Gasteiger partial charge in [-0.1, -0.05) is 0 Å². The maximum Gasteiger partial charge on any atom is 0.187 e. The molecule has 0 bridgehead atoms. The number of ether oxygens (including phenoxy) is 9. The zero-order valence-corrected chi connectivity index (χ0v) is 29.1. The lowest BCUT2D eigenvalue weighted by Gasteiger charge is -2.51. The predicted molar refractivity (Wildman–Crippen MR) is 166 cm³/mol. The lowest BCUT2D eigenvalue weighted by Crippen LogP contribution is -2.70. The first-order valence-corrected chi connectivity index (χ1v) is 17.4. The van der Waals surface area contributed by atoms with E-state index in [9.17, 15) is 71.5 Å². The van der Waals surface area contributed by atoms with Crippen molar-refractivity contribution < 1.29 is 114 Å². The van der Waals surface area contributed by atoms with Gasteiger partial charge in [-0.3, -0.25) is 0 Å². The zero-order valence-electron chi connectivity index (χ0n) is 29.1. The fourth-order valence-electron chi connectivity index (χ4n) is 6.94. The summed E-state index contributed by atoms with van der Waals surface area (Å²) >= 11 is 0. The van der Waals surface area contributed by atoms with E-state index in [4.69, 9.17) is 48.4 Å². The van der Waals surface area contributed by atoms with Crippen LogP contribution in [-0.4, -0.2) is 245 Å². The van der Waals surface area contributed by atoms with Crippen molar-refractivity contribution in [3.05, 3.63) is 0 Å². The Morgan fingerprint density at radius 2 is 0.833 bits per heavy atom. The van der Waals surface area contributed by atoms with Crippen molar-refractivity contribution in [2.75, 3.05) is 19.8 Å². The van der Waals surface area contributed by atoms with E-state index in [1.54, 1.807) is 0 Å². The summed E-state index contributed by atoms with van der Waals surface area (Å²) in [6, 6.07) is -1.65. The third kappa shape index (κ3) is 8.72. The van der Waals surface area contributed by atoms with Crippen LogP contribution >= 0.6 is 0 Å². The van der Waals surface area contributed by atoms with E-state index < -0.39 is 173 Å². The predicted octanol–water partition coefficient (Wildman–Crippen LogP) is -9.90. The molecular weight excluding hydrogens is 742 g/mol. The van der Waals surface area contributed by atoms with Crippen molar-refractivity contribution >= 4 is 0 Å². The van der Waals surface area contributed by atoms with Gasteiger partial charge in [0.2, 0.25) is 0 Å². The molecule has 0 spiro atoms. The molecule has 5 aliphatic rings. The molecule has 17 unspecified atom stereocenters. The van der Waals surface area contributed by atoms with Crippen molar-refractivity contribution in [2.45, 2.75) is 167 Å². The Morgan fingerprint density at radius 3 is 1.35 bits per heavy atom. The topological polar surface area (TPSA) is 392 Å². The standard InChI is InChI=1S/C30H53NO23/c1-6-12(35)16(39)19(42)28(46-6)52-23-11(31)27(53-24-15(38)9(4-33)48-26(45)21(24)44)50-10(5-34)22(23)51-30-25(18(41)14(37)8(3-32)49-30)54-29-20(43)17(40)13(36)7(2)47-29/h6-30,32-45H,3-5,31H2,1-2H3/t6?,7?,8?,9?,10?,11?,12-,13-,14+,15+,16?,17?,18?,19?,20?,21?,22-,23?,24?,25?,26?,27?,28+,29+,30+/m1/s1. The van der Waals surface area contributed by atoms with Gasteiger partial charge in [-0.05, 0) is 13.8 Å². The summed E-state index contributed by atoms with van der Waals surface area (Å²) in [4.78, 5) is 0. The summed E-state index contributed by atoms with van der Waals surface area (Å²) in [6.07, 6.45) is -41.1. The molecule has 0 aromatic carbocycles. The highest BCUT2D eigenvalue weighted by Gasteiger charge is 2.57. The summed E-state index contributed by atoms with van der Waals surface area (Å²) in [5.74, 6) is 0. The summed E-state index contributed by atoms with van der Waals surface area (Å²) in [5.41, 5.74) is 6.56. The minimum Gasteiger partial charge on any atom is -0.394 e. The van der Waals surface area contributed by atoms with Crippen LogP contribution in [0.3, 0.4) is 0 Å². The lowest BCUT2D eigenvalue weighted by atomic mass is 9.94. The van der Waals surface area contributed by atoms with Gasteiger partial charge in [-0.15, -0.1) is 0 Å². The summed E-state index contributed by atoms with van der Waals surface area (Å²) in [7, 11) is 0. The smallest absolute Gasteiger partial charge is 0.187 e. The van der Waals surface area contributed by atoms with Gasteiger partial charge in [0.05, 0.1) is 38.1 Å². The van der Waals surface area contributed by atoms with Crippen LogP contribution in [0.5, 0.6) is 0 Å². The Labute approximate surface area is 307 Å². The minimum absolute atomic E-state index is 0.812. The SMILES string of the molecule is CC1O[C@@H](OC2C(O)[C@@H](O)C(CO)O[C@H]2O[C@@H]2C(CO)OC(OC3C(O)C(O)OC(CO)[C@@H]3O)C(N)C2O[C@@H]2OC(C)[C@@H](O)C(O)C2O)C(O)C(O)[C@@H]1O. The van der Waals surface area contributed by atoms with E-state index in [2.05, 4.69) is 0 Å². The number of aliphatic hydroxyl groups is 14. The first-order chi connectivity index (χ1) is 25.4. The van der Waals surface area contributed by atoms with Crippen molar-refractivity contribution in [3.8, 4) is 0 Å². The van der Waals surface area contributed by atoms with Crippen molar-refractivity contribution in [2.24, 2.45) is 5.73 Å². The van der Waals surface area contributed by atoms with Crippen molar-refractivity contribution in [1.29, 1.82) is 0 Å². The van der Waals surface area contributed by atoms with Gasteiger partial charge in [-0.25, -0.2) is 0 Å². The second kappa shape index (κ2) is 18.3.